The highest BCUT2D eigenvalue weighted by molar-refractivity contribution is 9.10. The van der Waals surface area contributed by atoms with Gasteiger partial charge in [-0.1, -0.05) is 46.1 Å². The molecule has 1 saturated carbocycles. The van der Waals surface area contributed by atoms with Crippen molar-refractivity contribution in [3.8, 4) is 11.3 Å². The lowest BCUT2D eigenvalue weighted by atomic mass is 9.97. The number of carboxylic acids is 1. The second-order valence-electron chi connectivity index (χ2n) is 5.07. The van der Waals surface area contributed by atoms with Gasteiger partial charge in [-0.15, -0.1) is 0 Å². The number of nitrogens with zero attached hydrogens (tertiary/aromatic N) is 1. The number of rotatable bonds is 3. The van der Waals surface area contributed by atoms with Gasteiger partial charge >= 0.3 is 5.97 Å². The molecule has 0 unspecified atom stereocenters. The summed E-state index contributed by atoms with van der Waals surface area (Å²) in [7, 11) is 0. The van der Waals surface area contributed by atoms with Crippen LogP contribution in [-0.2, 0) is 0 Å². The van der Waals surface area contributed by atoms with Gasteiger partial charge in [0.2, 0.25) is 0 Å². The van der Waals surface area contributed by atoms with Crippen molar-refractivity contribution in [2.24, 2.45) is 0 Å². The van der Waals surface area contributed by atoms with Crippen molar-refractivity contribution < 1.29 is 14.4 Å². The molecule has 0 spiro atoms. The quantitative estimate of drug-likeness (QED) is 0.899. The van der Waals surface area contributed by atoms with Gasteiger partial charge in [-0.05, 0) is 25.0 Å². The summed E-state index contributed by atoms with van der Waals surface area (Å²) in [5.74, 6) is -0.248. The molecule has 1 aromatic heterocycles. The molecule has 3 rings (SSSR count). The van der Waals surface area contributed by atoms with Crippen LogP contribution in [0.4, 0.5) is 0 Å². The predicted molar refractivity (Wildman–Crippen MR) is 77.8 cm³/mol. The number of hydrogen-bond donors (Lipinski definition) is 1. The first-order valence-corrected chi connectivity index (χ1v) is 7.45. The lowest BCUT2D eigenvalue weighted by molar-refractivity contribution is 0.0694. The fourth-order valence-electron chi connectivity index (χ4n) is 2.81. The molecule has 104 valence electrons. The Labute approximate surface area is 124 Å². The van der Waals surface area contributed by atoms with Crippen LogP contribution in [0.2, 0.25) is 0 Å². The van der Waals surface area contributed by atoms with Crippen molar-refractivity contribution in [1.29, 1.82) is 0 Å². The molecule has 1 heterocycles. The summed E-state index contributed by atoms with van der Waals surface area (Å²) in [6.07, 6.45) is 4.20. The Morgan fingerprint density at radius 3 is 2.75 bits per heavy atom. The van der Waals surface area contributed by atoms with Crippen molar-refractivity contribution in [3.05, 3.63) is 40.1 Å². The van der Waals surface area contributed by atoms with Crippen molar-refractivity contribution in [2.75, 3.05) is 0 Å². The fourth-order valence-corrected chi connectivity index (χ4v) is 3.21. The van der Waals surface area contributed by atoms with Gasteiger partial charge in [0.1, 0.15) is 11.3 Å². The monoisotopic (exact) mass is 335 g/mol. The second-order valence-corrected chi connectivity index (χ2v) is 5.98. The van der Waals surface area contributed by atoms with Gasteiger partial charge in [-0.2, -0.15) is 0 Å². The van der Waals surface area contributed by atoms with Crippen LogP contribution < -0.4 is 0 Å². The van der Waals surface area contributed by atoms with Crippen LogP contribution in [0.5, 0.6) is 0 Å². The topological polar surface area (TPSA) is 63.3 Å². The Morgan fingerprint density at radius 2 is 2.10 bits per heavy atom. The predicted octanol–water partition coefficient (Wildman–Crippen LogP) is 4.46. The molecular weight excluding hydrogens is 322 g/mol. The number of benzene rings is 1. The molecule has 4 nitrogen and oxygen atoms in total. The van der Waals surface area contributed by atoms with Crippen LogP contribution >= 0.6 is 15.9 Å². The van der Waals surface area contributed by atoms with Crippen molar-refractivity contribution in [3.63, 3.8) is 0 Å². The fraction of sp³-hybridized carbons (Fsp3) is 0.333. The van der Waals surface area contributed by atoms with E-state index >= 15 is 0 Å². The lowest BCUT2D eigenvalue weighted by Gasteiger charge is -2.05. The normalized spacial score (nSPS) is 15.7. The molecule has 0 amide bonds. The van der Waals surface area contributed by atoms with E-state index in [1.165, 1.54) is 0 Å². The van der Waals surface area contributed by atoms with Gasteiger partial charge in [0, 0.05) is 16.0 Å². The summed E-state index contributed by atoms with van der Waals surface area (Å²) in [5.41, 5.74) is 1.39. The average Bonchev–Trinajstić information content (AvgIpc) is 3.07. The zero-order valence-corrected chi connectivity index (χ0v) is 12.4. The number of carboxylic acid groups (broad SMARTS) is 1. The maximum absolute atomic E-state index is 11.6. The van der Waals surface area contributed by atoms with E-state index in [4.69, 9.17) is 4.52 Å². The van der Waals surface area contributed by atoms with Crippen LogP contribution in [0.3, 0.4) is 0 Å². The number of carbonyl (C=O) groups is 1. The van der Waals surface area contributed by atoms with E-state index in [-0.39, 0.29) is 11.5 Å². The third kappa shape index (κ3) is 2.38. The zero-order chi connectivity index (χ0) is 14.1. The molecule has 1 N–H and O–H groups in total. The van der Waals surface area contributed by atoms with Gasteiger partial charge in [0.05, 0.1) is 0 Å². The summed E-state index contributed by atoms with van der Waals surface area (Å²) < 4.78 is 6.28. The van der Waals surface area contributed by atoms with Gasteiger partial charge in [-0.25, -0.2) is 4.79 Å². The van der Waals surface area contributed by atoms with Crippen LogP contribution in [0, 0.1) is 0 Å². The van der Waals surface area contributed by atoms with Crippen LogP contribution in [-0.4, -0.2) is 16.2 Å². The molecular formula is C15H14BrNO3. The minimum atomic E-state index is -0.969. The van der Waals surface area contributed by atoms with E-state index in [1.807, 2.05) is 24.3 Å². The van der Waals surface area contributed by atoms with E-state index in [9.17, 15) is 9.90 Å². The smallest absolute Gasteiger partial charge is 0.341 e. The molecule has 0 atom stereocenters. The summed E-state index contributed by atoms with van der Waals surface area (Å²) in [6.45, 7) is 0. The number of aromatic carboxylic acids is 1. The molecule has 0 aliphatic heterocycles. The molecule has 0 bridgehead atoms. The molecule has 0 saturated heterocycles. The SMILES string of the molecule is O=C(O)c1c(-c2cccc(Br)c2)noc1C1CCCC1. The Morgan fingerprint density at radius 1 is 1.35 bits per heavy atom. The molecule has 1 fully saturated rings. The summed E-state index contributed by atoms with van der Waals surface area (Å²) in [4.78, 5) is 11.6. The lowest BCUT2D eigenvalue weighted by Crippen LogP contribution is -2.04. The Bertz CT molecular complexity index is 644. The average molecular weight is 336 g/mol. The minimum Gasteiger partial charge on any atom is -0.477 e. The maximum atomic E-state index is 11.6. The highest BCUT2D eigenvalue weighted by Crippen LogP contribution is 2.39. The Balaban J connectivity index is 2.09. The molecule has 2 aromatic rings. The number of halogens is 1. The zero-order valence-electron chi connectivity index (χ0n) is 10.8. The highest BCUT2D eigenvalue weighted by atomic mass is 79.9. The van der Waals surface area contributed by atoms with Crippen LogP contribution in [0.25, 0.3) is 11.3 Å². The summed E-state index contributed by atoms with van der Waals surface area (Å²) in [6, 6.07) is 7.44. The van der Waals surface area contributed by atoms with Gasteiger partial charge in [0.25, 0.3) is 0 Å². The van der Waals surface area contributed by atoms with Crippen LogP contribution in [0.1, 0.15) is 47.7 Å². The molecule has 5 heteroatoms. The number of aromatic nitrogens is 1. The molecule has 20 heavy (non-hydrogen) atoms. The van der Waals surface area contributed by atoms with E-state index in [2.05, 4.69) is 21.1 Å². The molecule has 1 aliphatic carbocycles. The van der Waals surface area contributed by atoms with E-state index < -0.39 is 5.97 Å². The standard InChI is InChI=1S/C15H14BrNO3/c16-11-7-3-6-10(8-11)13-12(15(18)19)14(20-17-13)9-4-1-2-5-9/h3,6-9H,1-2,4-5H2,(H,18,19). The first-order chi connectivity index (χ1) is 9.66. The third-order valence-electron chi connectivity index (χ3n) is 3.76. The number of hydrogen-bond acceptors (Lipinski definition) is 3. The Hall–Kier alpha value is -1.62. The van der Waals surface area contributed by atoms with E-state index in [1.54, 1.807) is 0 Å². The maximum Gasteiger partial charge on any atom is 0.341 e. The molecule has 1 aromatic carbocycles. The molecule has 0 radical (unpaired) electrons. The highest BCUT2D eigenvalue weighted by Gasteiger charge is 2.30. The molecule has 1 aliphatic rings. The van der Waals surface area contributed by atoms with E-state index in [0.29, 0.717) is 11.5 Å². The second kappa shape index (κ2) is 5.40. The summed E-state index contributed by atoms with van der Waals surface area (Å²) >= 11 is 3.39. The Kier molecular flexibility index (Phi) is 3.61. The first-order valence-electron chi connectivity index (χ1n) is 6.65. The third-order valence-corrected chi connectivity index (χ3v) is 4.25. The van der Waals surface area contributed by atoms with Gasteiger partial charge in [0.15, 0.2) is 5.76 Å². The van der Waals surface area contributed by atoms with Crippen molar-refractivity contribution in [2.45, 2.75) is 31.6 Å². The largest absolute Gasteiger partial charge is 0.477 e. The van der Waals surface area contributed by atoms with Crippen molar-refractivity contribution >= 4 is 21.9 Å². The van der Waals surface area contributed by atoms with Crippen LogP contribution in [0.15, 0.2) is 33.3 Å². The first kappa shape index (κ1) is 13.4. The van der Waals surface area contributed by atoms with Crippen molar-refractivity contribution in [1.82, 2.24) is 5.16 Å². The minimum absolute atomic E-state index is 0.189. The van der Waals surface area contributed by atoms with Gasteiger partial charge in [-0.3, -0.25) is 0 Å². The van der Waals surface area contributed by atoms with E-state index in [0.717, 1.165) is 35.7 Å². The van der Waals surface area contributed by atoms with Gasteiger partial charge < -0.3 is 9.63 Å². The summed E-state index contributed by atoms with van der Waals surface area (Å²) in [5, 5.41) is 13.5.